The number of ether oxygens (including phenoxy) is 2. The zero-order valence-electron chi connectivity index (χ0n) is 10.5. The molecule has 0 aliphatic rings. The van der Waals surface area contributed by atoms with E-state index in [-0.39, 0.29) is 11.3 Å². The number of hydrogen-bond donors (Lipinski definition) is 0. The van der Waals surface area contributed by atoms with Crippen LogP contribution in [-0.2, 0) is 9.53 Å². The lowest BCUT2D eigenvalue weighted by Gasteiger charge is -2.14. The Kier molecular flexibility index (Phi) is 4.58. The highest BCUT2D eigenvalue weighted by Crippen LogP contribution is 2.30. The number of methoxy groups -OCH3 is 1. The number of alkyl halides is 3. The molecule has 0 spiro atoms. The fourth-order valence-corrected chi connectivity index (χ4v) is 1.53. The Morgan fingerprint density at radius 2 is 2.05 bits per heavy atom. The molecule has 0 fully saturated rings. The lowest BCUT2D eigenvalue weighted by molar-refractivity contribution is -0.274. The minimum atomic E-state index is -4.77. The van der Waals surface area contributed by atoms with Gasteiger partial charge in [0.25, 0.3) is 0 Å². The predicted molar refractivity (Wildman–Crippen MR) is 63.6 cm³/mol. The SMILES string of the molecule is C=Cc1cc(C(C)C(=O)OC)ccc1OC(F)(F)F. The molecule has 3 nitrogen and oxygen atoms in total. The smallest absolute Gasteiger partial charge is 0.469 e. The highest BCUT2D eigenvalue weighted by molar-refractivity contribution is 5.78. The molecular formula is C13H13F3O3. The summed E-state index contributed by atoms with van der Waals surface area (Å²) in [6.07, 6.45) is -3.54. The van der Waals surface area contributed by atoms with Gasteiger partial charge in [0.05, 0.1) is 13.0 Å². The molecular weight excluding hydrogens is 261 g/mol. The normalized spacial score (nSPS) is 12.7. The largest absolute Gasteiger partial charge is 0.573 e. The number of esters is 1. The Morgan fingerprint density at radius 3 is 2.53 bits per heavy atom. The minimum absolute atomic E-state index is 0.158. The quantitative estimate of drug-likeness (QED) is 0.788. The Labute approximate surface area is 108 Å². The molecule has 0 saturated carbocycles. The first-order valence-corrected chi connectivity index (χ1v) is 5.38. The molecule has 0 radical (unpaired) electrons. The van der Waals surface area contributed by atoms with Gasteiger partial charge in [-0.15, -0.1) is 13.2 Å². The second-order valence-corrected chi connectivity index (χ2v) is 3.79. The molecule has 1 aromatic carbocycles. The first-order chi connectivity index (χ1) is 8.78. The van der Waals surface area contributed by atoms with Gasteiger partial charge in [0.2, 0.25) is 0 Å². The van der Waals surface area contributed by atoms with Crippen LogP contribution in [0.2, 0.25) is 0 Å². The maximum atomic E-state index is 12.2. The van der Waals surface area contributed by atoms with Crippen molar-refractivity contribution in [2.24, 2.45) is 0 Å². The van der Waals surface area contributed by atoms with Crippen molar-refractivity contribution in [2.75, 3.05) is 7.11 Å². The Hall–Kier alpha value is -1.98. The molecule has 0 heterocycles. The van der Waals surface area contributed by atoms with Gasteiger partial charge in [-0.3, -0.25) is 4.79 Å². The lowest BCUT2D eigenvalue weighted by Crippen LogP contribution is -2.18. The van der Waals surface area contributed by atoms with Crippen LogP contribution in [0.4, 0.5) is 13.2 Å². The summed E-state index contributed by atoms with van der Waals surface area (Å²) < 4.78 is 44.9. The molecule has 0 aliphatic carbocycles. The fraction of sp³-hybridized carbons (Fsp3) is 0.308. The molecule has 0 amide bonds. The molecule has 104 valence electrons. The summed E-state index contributed by atoms with van der Waals surface area (Å²) in [7, 11) is 1.24. The molecule has 0 bridgehead atoms. The summed E-state index contributed by atoms with van der Waals surface area (Å²) >= 11 is 0. The third-order valence-corrected chi connectivity index (χ3v) is 2.53. The van der Waals surface area contributed by atoms with Crippen LogP contribution in [0.5, 0.6) is 5.75 Å². The van der Waals surface area contributed by atoms with Gasteiger partial charge in [-0.05, 0) is 24.6 Å². The zero-order valence-corrected chi connectivity index (χ0v) is 10.5. The van der Waals surface area contributed by atoms with Crippen LogP contribution in [0.15, 0.2) is 24.8 Å². The lowest BCUT2D eigenvalue weighted by atomic mass is 9.98. The number of carbonyl (C=O) groups is 1. The maximum Gasteiger partial charge on any atom is 0.573 e. The number of rotatable bonds is 4. The molecule has 1 rings (SSSR count). The van der Waals surface area contributed by atoms with E-state index in [1.165, 1.54) is 25.3 Å². The molecule has 1 aromatic rings. The topological polar surface area (TPSA) is 35.5 Å². The van der Waals surface area contributed by atoms with E-state index in [0.717, 1.165) is 6.07 Å². The average molecular weight is 274 g/mol. The van der Waals surface area contributed by atoms with Crippen molar-refractivity contribution in [2.45, 2.75) is 19.2 Å². The van der Waals surface area contributed by atoms with Crippen LogP contribution in [-0.4, -0.2) is 19.4 Å². The van der Waals surface area contributed by atoms with Gasteiger partial charge in [0.1, 0.15) is 5.75 Å². The van der Waals surface area contributed by atoms with E-state index in [1.54, 1.807) is 6.92 Å². The van der Waals surface area contributed by atoms with Gasteiger partial charge >= 0.3 is 12.3 Å². The number of hydrogen-bond acceptors (Lipinski definition) is 3. The number of benzene rings is 1. The summed E-state index contributed by atoms with van der Waals surface area (Å²) in [5.41, 5.74) is 0.682. The van der Waals surface area contributed by atoms with E-state index in [9.17, 15) is 18.0 Å². The standard InChI is InChI=1S/C13H13F3O3/c1-4-9-7-10(8(2)12(17)18-3)5-6-11(9)19-13(14,15)16/h4-8H,1H2,2-3H3. The summed E-state index contributed by atoms with van der Waals surface area (Å²) in [6.45, 7) is 5.02. The van der Waals surface area contributed by atoms with Gasteiger partial charge in [0.15, 0.2) is 0 Å². The average Bonchev–Trinajstić information content (AvgIpc) is 2.35. The van der Waals surface area contributed by atoms with Crippen molar-refractivity contribution in [3.8, 4) is 5.75 Å². The summed E-state index contributed by atoms with van der Waals surface area (Å²) in [4.78, 5) is 11.4. The van der Waals surface area contributed by atoms with Crippen LogP contribution in [0.25, 0.3) is 6.08 Å². The maximum absolute atomic E-state index is 12.2. The van der Waals surface area contributed by atoms with Crippen molar-refractivity contribution in [3.63, 3.8) is 0 Å². The molecule has 0 saturated heterocycles. The van der Waals surface area contributed by atoms with Gasteiger partial charge in [-0.2, -0.15) is 0 Å². The second kappa shape index (κ2) is 5.77. The number of carbonyl (C=O) groups excluding carboxylic acids is 1. The third kappa shape index (κ3) is 4.01. The van der Waals surface area contributed by atoms with Crippen LogP contribution in [0, 0.1) is 0 Å². The molecule has 6 heteroatoms. The van der Waals surface area contributed by atoms with E-state index in [0.29, 0.717) is 5.56 Å². The second-order valence-electron chi connectivity index (χ2n) is 3.79. The van der Waals surface area contributed by atoms with E-state index in [4.69, 9.17) is 0 Å². The monoisotopic (exact) mass is 274 g/mol. The molecule has 1 atom stereocenters. The molecule has 0 N–H and O–H groups in total. The van der Waals surface area contributed by atoms with Crippen molar-refractivity contribution in [1.82, 2.24) is 0 Å². The van der Waals surface area contributed by atoms with Gasteiger partial charge in [-0.25, -0.2) is 0 Å². The van der Waals surface area contributed by atoms with Gasteiger partial charge < -0.3 is 9.47 Å². The Morgan fingerprint density at radius 1 is 1.42 bits per heavy atom. The van der Waals surface area contributed by atoms with Gasteiger partial charge in [-0.1, -0.05) is 18.7 Å². The van der Waals surface area contributed by atoms with Gasteiger partial charge in [0, 0.05) is 5.56 Å². The van der Waals surface area contributed by atoms with Crippen molar-refractivity contribution in [1.29, 1.82) is 0 Å². The van der Waals surface area contributed by atoms with Crippen LogP contribution in [0.3, 0.4) is 0 Å². The summed E-state index contributed by atoms with van der Waals surface area (Å²) in [5.74, 6) is -1.41. The first-order valence-electron chi connectivity index (χ1n) is 5.38. The summed E-state index contributed by atoms with van der Waals surface area (Å²) in [5, 5.41) is 0. The predicted octanol–water partition coefficient (Wildman–Crippen LogP) is 3.50. The Bertz CT molecular complexity index is 481. The van der Waals surface area contributed by atoms with Crippen LogP contribution in [0.1, 0.15) is 24.0 Å². The number of halogens is 3. The fourth-order valence-electron chi connectivity index (χ4n) is 1.53. The third-order valence-electron chi connectivity index (χ3n) is 2.53. The van der Waals surface area contributed by atoms with Crippen molar-refractivity contribution < 1.29 is 27.4 Å². The molecule has 0 aliphatic heterocycles. The Balaban J connectivity index is 3.09. The minimum Gasteiger partial charge on any atom is -0.469 e. The van der Waals surface area contributed by atoms with E-state index >= 15 is 0 Å². The molecule has 0 aromatic heterocycles. The van der Waals surface area contributed by atoms with E-state index in [2.05, 4.69) is 16.1 Å². The van der Waals surface area contributed by atoms with E-state index in [1.807, 2.05) is 0 Å². The highest BCUT2D eigenvalue weighted by atomic mass is 19.4. The summed E-state index contributed by atoms with van der Waals surface area (Å²) in [6, 6.07) is 3.95. The highest BCUT2D eigenvalue weighted by Gasteiger charge is 2.32. The van der Waals surface area contributed by atoms with E-state index < -0.39 is 18.2 Å². The van der Waals surface area contributed by atoms with Crippen molar-refractivity contribution in [3.05, 3.63) is 35.9 Å². The van der Waals surface area contributed by atoms with Crippen LogP contribution >= 0.6 is 0 Å². The van der Waals surface area contributed by atoms with Crippen LogP contribution < -0.4 is 4.74 Å². The molecule has 1 unspecified atom stereocenters. The zero-order chi connectivity index (χ0) is 14.6. The first kappa shape index (κ1) is 15.1. The van der Waals surface area contributed by atoms with Crippen molar-refractivity contribution >= 4 is 12.0 Å². The molecule has 19 heavy (non-hydrogen) atoms.